The van der Waals surface area contributed by atoms with Crippen molar-refractivity contribution in [2.24, 2.45) is 11.8 Å². The number of aromatic nitrogens is 1. The van der Waals surface area contributed by atoms with Gasteiger partial charge in [0.1, 0.15) is 5.82 Å². The van der Waals surface area contributed by atoms with Gasteiger partial charge in [0.15, 0.2) is 0 Å². The van der Waals surface area contributed by atoms with E-state index in [0.717, 1.165) is 25.2 Å². The number of alkyl halides is 6. The number of carbonyl (C=O) groups is 3. The first-order valence-corrected chi connectivity index (χ1v) is 11.4. The summed E-state index contributed by atoms with van der Waals surface area (Å²) in [7, 11) is 0. The molecule has 0 radical (unpaired) electrons. The minimum absolute atomic E-state index is 0.0947. The molecule has 220 valence electrons. The molecule has 2 saturated heterocycles. The van der Waals surface area contributed by atoms with Crippen LogP contribution in [0.2, 0.25) is 0 Å². The first kappa shape index (κ1) is 32.4. The van der Waals surface area contributed by atoms with Crippen LogP contribution in [0.3, 0.4) is 0 Å². The van der Waals surface area contributed by atoms with Crippen LogP contribution in [-0.4, -0.2) is 82.6 Å². The smallest absolute Gasteiger partial charge is 0.475 e. The summed E-state index contributed by atoms with van der Waals surface area (Å²) in [5.74, 6) is -5.08. The average molecular weight is 583 g/mol. The van der Waals surface area contributed by atoms with Gasteiger partial charge in [-0.2, -0.15) is 26.3 Å². The Morgan fingerprint density at radius 1 is 0.975 bits per heavy atom. The molecule has 1 amide bonds. The molecule has 0 spiro atoms. The third-order valence-corrected chi connectivity index (χ3v) is 5.77. The number of rotatable bonds is 5. The van der Waals surface area contributed by atoms with Crippen molar-refractivity contribution < 1.29 is 60.1 Å². The summed E-state index contributed by atoms with van der Waals surface area (Å²) in [5, 5.41) is 17.3. The van der Waals surface area contributed by atoms with Crippen molar-refractivity contribution in [1.29, 1.82) is 0 Å². The van der Waals surface area contributed by atoms with Gasteiger partial charge in [0.05, 0.1) is 18.3 Å². The lowest BCUT2D eigenvalue weighted by Gasteiger charge is -2.20. The molecule has 2 fully saturated rings. The Morgan fingerprint density at radius 3 is 2.05 bits per heavy atom. The van der Waals surface area contributed by atoms with Gasteiger partial charge in [0.25, 0.3) is 5.91 Å². The molecule has 0 saturated carbocycles. The third kappa shape index (κ3) is 10.4. The summed E-state index contributed by atoms with van der Waals surface area (Å²) in [4.78, 5) is 36.3. The topological polar surface area (TPSA) is 129 Å². The van der Waals surface area contributed by atoms with Crippen LogP contribution in [0.1, 0.15) is 15.9 Å². The number of fused-ring (bicyclic) bond motifs is 1. The number of carboxylic acids is 2. The van der Waals surface area contributed by atoms with E-state index in [1.54, 1.807) is 24.5 Å². The van der Waals surface area contributed by atoms with E-state index in [1.807, 2.05) is 12.1 Å². The SMILES string of the molecule is O=C(NC[C@H]1CO[C@@H]2CN(Cc3ccc(F)cc3)C[C@H]12)c1cccnc1.O=C(O)C(F)(F)F.O=C(O)C(F)(F)F. The number of hydrogen-bond acceptors (Lipinski definition) is 6. The van der Waals surface area contributed by atoms with Gasteiger partial charge in [-0.05, 0) is 29.8 Å². The van der Waals surface area contributed by atoms with E-state index in [2.05, 4.69) is 15.2 Å². The first-order chi connectivity index (χ1) is 18.6. The lowest BCUT2D eigenvalue weighted by atomic mass is 9.93. The average Bonchev–Trinajstić information content (AvgIpc) is 3.44. The molecule has 40 heavy (non-hydrogen) atoms. The molecule has 1 aromatic carbocycles. The highest BCUT2D eigenvalue weighted by Crippen LogP contribution is 2.34. The predicted octanol–water partition coefficient (Wildman–Crippen LogP) is 3.36. The van der Waals surface area contributed by atoms with E-state index in [0.29, 0.717) is 30.6 Å². The van der Waals surface area contributed by atoms with E-state index in [4.69, 9.17) is 24.5 Å². The molecule has 2 aliphatic rings. The Bertz CT molecular complexity index is 1110. The van der Waals surface area contributed by atoms with Crippen LogP contribution in [0.15, 0.2) is 48.8 Å². The number of nitrogens with zero attached hydrogens (tertiary/aromatic N) is 2. The van der Waals surface area contributed by atoms with E-state index in [1.165, 1.54) is 12.1 Å². The molecule has 0 bridgehead atoms. The molecule has 3 atom stereocenters. The van der Waals surface area contributed by atoms with Crippen LogP contribution < -0.4 is 5.32 Å². The number of amides is 1. The maximum absolute atomic E-state index is 13.0. The molecule has 4 rings (SSSR count). The van der Waals surface area contributed by atoms with Crippen LogP contribution in [0.4, 0.5) is 30.7 Å². The summed E-state index contributed by atoms with van der Waals surface area (Å²) in [6, 6.07) is 10.2. The fourth-order valence-electron chi connectivity index (χ4n) is 3.89. The molecular formula is C24H24F7N3O6. The van der Waals surface area contributed by atoms with Crippen LogP contribution in [0, 0.1) is 17.7 Å². The van der Waals surface area contributed by atoms with Crippen LogP contribution in [0.25, 0.3) is 0 Å². The summed E-state index contributed by atoms with van der Waals surface area (Å²) in [5.41, 5.74) is 1.68. The molecule has 2 aliphatic heterocycles. The second-order valence-electron chi connectivity index (χ2n) is 8.67. The fourth-order valence-corrected chi connectivity index (χ4v) is 3.89. The molecule has 0 aliphatic carbocycles. The fraction of sp³-hybridized carbons (Fsp3) is 0.417. The normalized spacial score (nSPS) is 20.3. The number of benzene rings is 1. The van der Waals surface area contributed by atoms with Gasteiger partial charge in [0.2, 0.25) is 0 Å². The van der Waals surface area contributed by atoms with Crippen LogP contribution in [-0.2, 0) is 20.9 Å². The lowest BCUT2D eigenvalue weighted by Crippen LogP contribution is -2.34. The van der Waals surface area contributed by atoms with Crippen LogP contribution in [0.5, 0.6) is 0 Å². The third-order valence-electron chi connectivity index (χ3n) is 5.77. The Balaban J connectivity index is 0.000000333. The molecular weight excluding hydrogens is 559 g/mol. The predicted molar refractivity (Wildman–Crippen MR) is 122 cm³/mol. The minimum atomic E-state index is -5.08. The highest BCUT2D eigenvalue weighted by Gasteiger charge is 2.43. The number of aliphatic carboxylic acids is 2. The van der Waals surface area contributed by atoms with E-state index in [-0.39, 0.29) is 17.8 Å². The van der Waals surface area contributed by atoms with Gasteiger partial charge >= 0.3 is 24.3 Å². The van der Waals surface area contributed by atoms with Gasteiger partial charge in [-0.1, -0.05) is 12.1 Å². The molecule has 3 N–H and O–H groups in total. The summed E-state index contributed by atoms with van der Waals surface area (Å²) >= 11 is 0. The van der Waals surface area contributed by atoms with E-state index >= 15 is 0 Å². The largest absolute Gasteiger partial charge is 0.490 e. The van der Waals surface area contributed by atoms with Gasteiger partial charge in [-0.15, -0.1) is 0 Å². The van der Waals surface area contributed by atoms with Crippen molar-refractivity contribution in [2.45, 2.75) is 25.0 Å². The van der Waals surface area contributed by atoms with Crippen molar-refractivity contribution in [3.05, 3.63) is 65.7 Å². The highest BCUT2D eigenvalue weighted by molar-refractivity contribution is 5.93. The molecule has 1 aromatic heterocycles. The zero-order valence-electron chi connectivity index (χ0n) is 20.5. The Morgan fingerprint density at radius 2 is 1.55 bits per heavy atom. The number of ether oxygens (including phenoxy) is 1. The maximum Gasteiger partial charge on any atom is 0.490 e. The number of carbonyl (C=O) groups excluding carboxylic acids is 1. The first-order valence-electron chi connectivity index (χ1n) is 11.4. The Hall–Kier alpha value is -3.79. The van der Waals surface area contributed by atoms with Gasteiger partial charge < -0.3 is 20.3 Å². The Labute approximate surface area is 222 Å². The zero-order chi connectivity index (χ0) is 30.1. The number of halogens is 7. The Kier molecular flexibility index (Phi) is 11.4. The summed E-state index contributed by atoms with van der Waals surface area (Å²) in [6.07, 6.45) is -6.72. The zero-order valence-corrected chi connectivity index (χ0v) is 20.5. The van der Waals surface area contributed by atoms with Crippen molar-refractivity contribution in [3.63, 3.8) is 0 Å². The number of pyridine rings is 1. The van der Waals surface area contributed by atoms with Crippen molar-refractivity contribution in [3.8, 4) is 0 Å². The van der Waals surface area contributed by atoms with Crippen LogP contribution >= 0.6 is 0 Å². The number of likely N-dealkylation sites (tertiary alicyclic amines) is 1. The van der Waals surface area contributed by atoms with Crippen molar-refractivity contribution in [1.82, 2.24) is 15.2 Å². The van der Waals surface area contributed by atoms with E-state index < -0.39 is 24.3 Å². The monoisotopic (exact) mass is 583 g/mol. The molecule has 16 heteroatoms. The van der Waals surface area contributed by atoms with Gasteiger partial charge in [-0.3, -0.25) is 14.7 Å². The molecule has 2 aromatic rings. The second-order valence-corrected chi connectivity index (χ2v) is 8.67. The number of nitrogens with one attached hydrogen (secondary N) is 1. The minimum Gasteiger partial charge on any atom is -0.475 e. The van der Waals surface area contributed by atoms with Gasteiger partial charge in [-0.25, -0.2) is 14.0 Å². The lowest BCUT2D eigenvalue weighted by molar-refractivity contribution is -0.193. The van der Waals surface area contributed by atoms with Crippen molar-refractivity contribution in [2.75, 3.05) is 26.2 Å². The van der Waals surface area contributed by atoms with Crippen molar-refractivity contribution >= 4 is 17.8 Å². The van der Waals surface area contributed by atoms with E-state index in [9.17, 15) is 35.5 Å². The van der Waals surface area contributed by atoms with Gasteiger partial charge in [0, 0.05) is 50.4 Å². The number of carboxylic acid groups (broad SMARTS) is 2. The quantitative estimate of drug-likeness (QED) is 0.458. The molecule has 9 nitrogen and oxygen atoms in total. The second kappa shape index (κ2) is 14.0. The standard InChI is InChI=1S/C20H22FN3O2.2C2HF3O2/c21-17-5-3-14(4-6-17)10-24-11-18-16(13-26-19(18)12-24)9-23-20(25)15-2-1-7-22-8-15;2*3-2(4,5)1(6)7/h1-8,16,18-19H,9-13H2,(H,23,25);2*(H,6,7)/t16-,18+,19+;;/m0../s1. The molecule has 0 unspecified atom stereocenters. The highest BCUT2D eigenvalue weighted by atomic mass is 19.4. The number of hydrogen-bond donors (Lipinski definition) is 3. The summed E-state index contributed by atoms with van der Waals surface area (Å²) in [6.45, 7) is 3.92. The molecule has 3 heterocycles. The summed E-state index contributed by atoms with van der Waals surface area (Å²) < 4.78 is 82.5. The maximum atomic E-state index is 13.0.